The molecular formula is C13H14BrNO4. The first-order valence-corrected chi connectivity index (χ1v) is 6.33. The quantitative estimate of drug-likeness (QED) is 0.786. The zero-order valence-electron chi connectivity index (χ0n) is 10.1. The zero-order chi connectivity index (χ0) is 14.3. The molecule has 0 saturated heterocycles. The maximum Gasteiger partial charge on any atom is 0.408 e. The van der Waals surface area contributed by atoms with Crippen LogP contribution in [0.5, 0.6) is 0 Å². The van der Waals surface area contributed by atoms with Gasteiger partial charge in [-0.25, -0.2) is 9.59 Å². The molecule has 0 aliphatic carbocycles. The summed E-state index contributed by atoms with van der Waals surface area (Å²) in [6.07, 6.45) is 0.819. The van der Waals surface area contributed by atoms with Crippen molar-refractivity contribution in [1.82, 2.24) is 5.32 Å². The summed E-state index contributed by atoms with van der Waals surface area (Å²) in [5.41, 5.74) is 0.805. The molecule has 0 spiro atoms. The van der Waals surface area contributed by atoms with Crippen LogP contribution in [0, 0.1) is 0 Å². The average Bonchev–Trinajstić information content (AvgIpc) is 2.38. The van der Waals surface area contributed by atoms with Crippen molar-refractivity contribution in [3.8, 4) is 0 Å². The predicted octanol–water partition coefficient (Wildman–Crippen LogP) is 2.36. The van der Waals surface area contributed by atoms with Gasteiger partial charge >= 0.3 is 12.1 Å². The number of carboxylic acid groups (broad SMARTS) is 1. The molecule has 1 unspecified atom stereocenters. The van der Waals surface area contributed by atoms with Crippen LogP contribution in [0.4, 0.5) is 4.79 Å². The van der Waals surface area contributed by atoms with E-state index in [1.54, 1.807) is 12.1 Å². The lowest BCUT2D eigenvalue weighted by atomic mass is 10.1. The Morgan fingerprint density at radius 2 is 2.05 bits per heavy atom. The SMILES string of the molecule is C=CCOC(=O)NC(Cc1ccc(Br)cc1)C(=O)O. The van der Waals surface area contributed by atoms with Crippen LogP contribution in [0.1, 0.15) is 5.56 Å². The maximum atomic E-state index is 11.3. The van der Waals surface area contributed by atoms with E-state index in [9.17, 15) is 9.59 Å². The van der Waals surface area contributed by atoms with E-state index in [4.69, 9.17) is 5.11 Å². The number of rotatable bonds is 6. The smallest absolute Gasteiger partial charge is 0.408 e. The summed E-state index contributed by atoms with van der Waals surface area (Å²) in [6, 6.07) is 6.17. The lowest BCUT2D eigenvalue weighted by Gasteiger charge is -2.14. The van der Waals surface area contributed by atoms with E-state index in [0.29, 0.717) is 0 Å². The van der Waals surface area contributed by atoms with Gasteiger partial charge in [-0.05, 0) is 17.7 Å². The summed E-state index contributed by atoms with van der Waals surface area (Å²) in [5, 5.41) is 11.4. The van der Waals surface area contributed by atoms with Crippen molar-refractivity contribution < 1.29 is 19.4 Å². The number of nitrogens with one attached hydrogen (secondary N) is 1. The fourth-order valence-corrected chi connectivity index (χ4v) is 1.64. The minimum Gasteiger partial charge on any atom is -0.480 e. The summed E-state index contributed by atoms with van der Waals surface area (Å²) in [6.45, 7) is 3.44. The Morgan fingerprint density at radius 1 is 1.42 bits per heavy atom. The molecule has 1 aromatic carbocycles. The fraction of sp³-hybridized carbons (Fsp3) is 0.231. The lowest BCUT2D eigenvalue weighted by molar-refractivity contribution is -0.139. The molecule has 0 aliphatic rings. The average molecular weight is 328 g/mol. The van der Waals surface area contributed by atoms with E-state index in [2.05, 4.69) is 32.6 Å². The molecule has 6 heteroatoms. The standard InChI is InChI=1S/C13H14BrNO4/c1-2-7-19-13(18)15-11(12(16)17)8-9-3-5-10(14)6-4-9/h2-6,11H,1,7-8H2,(H,15,18)(H,16,17). The molecule has 1 amide bonds. The summed E-state index contributed by atoms with van der Waals surface area (Å²) >= 11 is 3.29. The third kappa shape index (κ3) is 5.56. The van der Waals surface area contributed by atoms with Gasteiger partial charge in [0.25, 0.3) is 0 Å². The van der Waals surface area contributed by atoms with Gasteiger partial charge in [-0.3, -0.25) is 0 Å². The van der Waals surface area contributed by atoms with Crippen molar-refractivity contribution in [2.45, 2.75) is 12.5 Å². The van der Waals surface area contributed by atoms with E-state index >= 15 is 0 Å². The number of alkyl carbamates (subject to hydrolysis) is 1. The van der Waals surface area contributed by atoms with Gasteiger partial charge < -0.3 is 15.2 Å². The van der Waals surface area contributed by atoms with Gasteiger partial charge in [0, 0.05) is 10.9 Å². The first-order chi connectivity index (χ1) is 9.02. The van der Waals surface area contributed by atoms with Crippen molar-refractivity contribution in [3.05, 3.63) is 47.0 Å². The number of carbonyl (C=O) groups is 2. The number of amides is 1. The third-order valence-electron chi connectivity index (χ3n) is 2.28. The van der Waals surface area contributed by atoms with E-state index in [-0.39, 0.29) is 13.0 Å². The summed E-state index contributed by atoms with van der Waals surface area (Å²) in [4.78, 5) is 22.4. The number of carbonyl (C=O) groups excluding carboxylic acids is 1. The van der Waals surface area contributed by atoms with Crippen LogP contribution >= 0.6 is 15.9 Å². The maximum absolute atomic E-state index is 11.3. The van der Waals surface area contributed by atoms with Crippen LogP contribution in [0.25, 0.3) is 0 Å². The van der Waals surface area contributed by atoms with Gasteiger partial charge in [-0.1, -0.05) is 40.7 Å². The largest absolute Gasteiger partial charge is 0.480 e. The van der Waals surface area contributed by atoms with E-state index in [0.717, 1.165) is 10.0 Å². The van der Waals surface area contributed by atoms with Gasteiger partial charge in [-0.2, -0.15) is 0 Å². The molecular weight excluding hydrogens is 314 g/mol. The van der Waals surface area contributed by atoms with Crippen LogP contribution < -0.4 is 5.32 Å². The van der Waals surface area contributed by atoms with Crippen molar-refractivity contribution in [1.29, 1.82) is 0 Å². The minimum absolute atomic E-state index is 0.0382. The van der Waals surface area contributed by atoms with Crippen LogP contribution in [-0.4, -0.2) is 29.8 Å². The first kappa shape index (κ1) is 15.2. The first-order valence-electron chi connectivity index (χ1n) is 5.54. The van der Waals surface area contributed by atoms with Gasteiger partial charge in [0.15, 0.2) is 0 Å². The summed E-state index contributed by atoms with van der Waals surface area (Å²) < 4.78 is 5.59. The normalized spacial score (nSPS) is 11.4. The monoisotopic (exact) mass is 327 g/mol. The Balaban J connectivity index is 2.62. The number of benzene rings is 1. The van der Waals surface area contributed by atoms with Gasteiger partial charge in [0.05, 0.1) is 0 Å². The molecule has 0 heterocycles. The molecule has 5 nitrogen and oxygen atoms in total. The molecule has 1 atom stereocenters. The van der Waals surface area contributed by atoms with Crippen molar-refractivity contribution in [2.24, 2.45) is 0 Å². The van der Waals surface area contributed by atoms with Crippen molar-refractivity contribution >= 4 is 28.0 Å². The molecule has 1 rings (SSSR count). The Kier molecular flexibility index (Phi) is 6.08. The lowest BCUT2D eigenvalue weighted by Crippen LogP contribution is -2.42. The van der Waals surface area contributed by atoms with Gasteiger partial charge in [0.2, 0.25) is 0 Å². The highest BCUT2D eigenvalue weighted by atomic mass is 79.9. The number of hydrogen-bond donors (Lipinski definition) is 2. The molecule has 1 aromatic rings. The number of carboxylic acids is 1. The zero-order valence-corrected chi connectivity index (χ0v) is 11.7. The number of hydrogen-bond acceptors (Lipinski definition) is 3. The molecule has 0 aromatic heterocycles. The Morgan fingerprint density at radius 3 is 2.58 bits per heavy atom. The summed E-state index contributed by atoms with van der Waals surface area (Å²) in [7, 11) is 0. The van der Waals surface area contributed by atoms with Gasteiger partial charge in [0.1, 0.15) is 12.6 Å². The van der Waals surface area contributed by atoms with Crippen LogP contribution in [0.15, 0.2) is 41.4 Å². The fourth-order valence-electron chi connectivity index (χ4n) is 1.37. The highest BCUT2D eigenvalue weighted by Crippen LogP contribution is 2.12. The molecule has 0 aliphatic heterocycles. The molecule has 0 bridgehead atoms. The van der Waals surface area contributed by atoms with Gasteiger partial charge in [-0.15, -0.1) is 0 Å². The van der Waals surface area contributed by atoms with Crippen molar-refractivity contribution in [2.75, 3.05) is 6.61 Å². The van der Waals surface area contributed by atoms with Crippen LogP contribution in [-0.2, 0) is 16.0 Å². The Labute approximate surface area is 119 Å². The summed E-state index contributed by atoms with van der Waals surface area (Å²) in [5.74, 6) is -1.11. The highest BCUT2D eigenvalue weighted by molar-refractivity contribution is 9.10. The number of ether oxygens (including phenoxy) is 1. The molecule has 102 valence electrons. The predicted molar refractivity (Wildman–Crippen MR) is 74.0 cm³/mol. The van der Waals surface area contributed by atoms with E-state index in [1.165, 1.54) is 6.08 Å². The van der Waals surface area contributed by atoms with Crippen molar-refractivity contribution in [3.63, 3.8) is 0 Å². The van der Waals surface area contributed by atoms with E-state index < -0.39 is 18.1 Å². The minimum atomic E-state index is -1.11. The highest BCUT2D eigenvalue weighted by Gasteiger charge is 2.20. The third-order valence-corrected chi connectivity index (χ3v) is 2.80. The topological polar surface area (TPSA) is 75.6 Å². The second kappa shape index (κ2) is 7.58. The molecule has 0 saturated carbocycles. The molecule has 0 fully saturated rings. The number of halogens is 1. The number of aliphatic carboxylic acids is 1. The molecule has 19 heavy (non-hydrogen) atoms. The van der Waals surface area contributed by atoms with Crippen LogP contribution in [0.2, 0.25) is 0 Å². The second-order valence-corrected chi connectivity index (χ2v) is 4.67. The Bertz CT molecular complexity index is 458. The Hall–Kier alpha value is -1.82. The van der Waals surface area contributed by atoms with E-state index in [1.807, 2.05) is 12.1 Å². The molecule has 0 radical (unpaired) electrons. The molecule has 2 N–H and O–H groups in total. The van der Waals surface area contributed by atoms with Crippen LogP contribution in [0.3, 0.4) is 0 Å². The second-order valence-electron chi connectivity index (χ2n) is 3.75.